The molecular weight excluding hydrogens is 368 g/mol. The number of rotatable bonds is 2. The van der Waals surface area contributed by atoms with Gasteiger partial charge >= 0.3 is 0 Å². The van der Waals surface area contributed by atoms with Crippen LogP contribution in [-0.4, -0.2) is 9.97 Å². The topological polar surface area (TPSA) is 83.6 Å². The highest BCUT2D eigenvalue weighted by molar-refractivity contribution is 5.87. The fraction of sp³-hybridized carbons (Fsp3) is 0.385. The second-order valence-electron chi connectivity index (χ2n) is 9.06. The normalized spacial score (nSPS) is 17.6. The van der Waals surface area contributed by atoms with Crippen molar-refractivity contribution in [2.24, 2.45) is 0 Å². The number of nitrogens with one attached hydrogen (secondary N) is 2. The highest BCUT2D eigenvalue weighted by Crippen LogP contribution is 2.39. The number of nitrogen functional groups attached to an aromatic ring is 2. The van der Waals surface area contributed by atoms with Gasteiger partial charge in [0.1, 0.15) is 0 Å². The molecule has 2 aliphatic rings. The number of H-pyrrole nitrogens is 2. The van der Waals surface area contributed by atoms with E-state index in [0.29, 0.717) is 0 Å². The van der Waals surface area contributed by atoms with Crippen molar-refractivity contribution in [3.63, 3.8) is 0 Å². The summed E-state index contributed by atoms with van der Waals surface area (Å²) in [6.07, 6.45) is 15.2. The van der Waals surface area contributed by atoms with Gasteiger partial charge < -0.3 is 21.4 Å². The minimum Gasteiger partial charge on any atom is -0.399 e. The standard InChI is InChI=1S/2C13H16N2/c2*14-10-5-6-11-12(8-15-13(11)7-10)9-3-1-2-4-9/h2*5-9,15H,1-4,14H2. The van der Waals surface area contributed by atoms with Gasteiger partial charge in [0.15, 0.2) is 0 Å². The number of nitrogens with two attached hydrogens (primary N) is 2. The van der Waals surface area contributed by atoms with E-state index in [1.165, 1.54) is 84.3 Å². The van der Waals surface area contributed by atoms with Gasteiger partial charge in [-0.25, -0.2) is 0 Å². The minimum atomic E-state index is 0.766. The molecule has 0 atom stereocenters. The maximum Gasteiger partial charge on any atom is 0.0477 e. The molecule has 156 valence electrons. The number of aromatic amines is 2. The van der Waals surface area contributed by atoms with Crippen LogP contribution in [0.4, 0.5) is 11.4 Å². The molecule has 2 fully saturated rings. The van der Waals surface area contributed by atoms with Crippen molar-refractivity contribution >= 4 is 33.2 Å². The maximum absolute atomic E-state index is 5.77. The van der Waals surface area contributed by atoms with Gasteiger partial charge in [-0.15, -0.1) is 0 Å². The zero-order valence-electron chi connectivity index (χ0n) is 17.6. The van der Waals surface area contributed by atoms with Crippen LogP contribution in [0, 0.1) is 0 Å². The summed E-state index contributed by atoms with van der Waals surface area (Å²) in [5, 5.41) is 2.72. The van der Waals surface area contributed by atoms with Gasteiger partial charge in [-0.1, -0.05) is 37.8 Å². The molecule has 0 spiro atoms. The number of fused-ring (bicyclic) bond motifs is 2. The Balaban J connectivity index is 0.000000128. The van der Waals surface area contributed by atoms with E-state index in [9.17, 15) is 0 Å². The fourth-order valence-electron chi connectivity index (χ4n) is 5.48. The predicted molar refractivity (Wildman–Crippen MR) is 128 cm³/mol. The van der Waals surface area contributed by atoms with Crippen LogP contribution in [0.15, 0.2) is 48.8 Å². The summed E-state index contributed by atoms with van der Waals surface area (Å²) in [5.41, 5.74) is 18.5. The van der Waals surface area contributed by atoms with Gasteiger partial charge in [-0.2, -0.15) is 0 Å². The van der Waals surface area contributed by atoms with Crippen molar-refractivity contribution in [3.8, 4) is 0 Å². The Morgan fingerprint density at radius 3 is 1.40 bits per heavy atom. The first kappa shape index (κ1) is 19.1. The van der Waals surface area contributed by atoms with Crippen molar-refractivity contribution in [1.82, 2.24) is 9.97 Å². The Kier molecular flexibility index (Phi) is 5.16. The predicted octanol–water partition coefficient (Wildman–Crippen LogP) is 6.82. The Hall–Kier alpha value is -2.88. The van der Waals surface area contributed by atoms with Gasteiger partial charge in [0.05, 0.1) is 0 Å². The highest BCUT2D eigenvalue weighted by atomic mass is 14.7. The molecule has 0 aliphatic heterocycles. The number of hydrogen-bond donors (Lipinski definition) is 4. The van der Waals surface area contributed by atoms with Gasteiger partial charge in [-0.05, 0) is 72.9 Å². The summed E-state index contributed by atoms with van der Waals surface area (Å²) in [7, 11) is 0. The Bertz CT molecular complexity index is 1050. The van der Waals surface area contributed by atoms with E-state index in [0.717, 1.165) is 23.2 Å². The first-order chi connectivity index (χ1) is 14.7. The number of anilines is 2. The summed E-state index contributed by atoms with van der Waals surface area (Å²) in [6.45, 7) is 0. The summed E-state index contributed by atoms with van der Waals surface area (Å²) < 4.78 is 0. The van der Waals surface area contributed by atoms with Gasteiger partial charge in [0.25, 0.3) is 0 Å². The molecule has 4 aromatic rings. The highest BCUT2D eigenvalue weighted by Gasteiger charge is 2.20. The Morgan fingerprint density at radius 2 is 1.00 bits per heavy atom. The quantitative estimate of drug-likeness (QED) is 0.278. The lowest BCUT2D eigenvalue weighted by Gasteiger charge is -2.06. The zero-order valence-corrected chi connectivity index (χ0v) is 17.6. The van der Waals surface area contributed by atoms with Crippen LogP contribution in [-0.2, 0) is 0 Å². The molecular formula is C26H32N4. The van der Waals surface area contributed by atoms with E-state index >= 15 is 0 Å². The Labute approximate surface area is 178 Å². The molecule has 2 aromatic heterocycles. The molecule has 6 rings (SSSR count). The molecule has 2 heterocycles. The average molecular weight is 401 g/mol. The molecule has 30 heavy (non-hydrogen) atoms. The summed E-state index contributed by atoms with van der Waals surface area (Å²) in [6, 6.07) is 12.3. The lowest BCUT2D eigenvalue weighted by molar-refractivity contribution is 0.729. The van der Waals surface area contributed by atoms with E-state index < -0.39 is 0 Å². The molecule has 0 saturated heterocycles. The molecule has 4 nitrogen and oxygen atoms in total. The van der Waals surface area contributed by atoms with Crippen molar-refractivity contribution in [2.75, 3.05) is 11.5 Å². The van der Waals surface area contributed by atoms with Crippen LogP contribution in [0.1, 0.15) is 74.3 Å². The zero-order chi connectivity index (χ0) is 20.5. The SMILES string of the molecule is Nc1ccc2c(C3CCCC3)c[nH]c2c1.Nc1ccc2c(C3CCCC3)c[nH]c2c1. The lowest BCUT2D eigenvalue weighted by Crippen LogP contribution is -1.90. The molecule has 0 unspecified atom stereocenters. The summed E-state index contributed by atoms with van der Waals surface area (Å²) in [4.78, 5) is 6.65. The second kappa shape index (κ2) is 8.10. The van der Waals surface area contributed by atoms with E-state index in [2.05, 4.69) is 34.5 Å². The molecule has 2 aromatic carbocycles. The van der Waals surface area contributed by atoms with E-state index in [1.54, 1.807) is 0 Å². The van der Waals surface area contributed by atoms with Crippen molar-refractivity contribution in [3.05, 3.63) is 59.9 Å². The lowest BCUT2D eigenvalue weighted by atomic mass is 9.97. The first-order valence-electron chi connectivity index (χ1n) is 11.4. The molecule has 6 N–H and O–H groups in total. The largest absolute Gasteiger partial charge is 0.399 e. The molecule has 2 saturated carbocycles. The van der Waals surface area contributed by atoms with Gasteiger partial charge in [0, 0.05) is 45.6 Å². The Morgan fingerprint density at radius 1 is 0.600 bits per heavy atom. The third-order valence-corrected chi connectivity index (χ3v) is 7.07. The van der Waals surface area contributed by atoms with Crippen LogP contribution in [0.3, 0.4) is 0 Å². The van der Waals surface area contributed by atoms with Crippen molar-refractivity contribution in [1.29, 1.82) is 0 Å². The van der Waals surface area contributed by atoms with Crippen LogP contribution < -0.4 is 11.5 Å². The fourth-order valence-corrected chi connectivity index (χ4v) is 5.48. The van der Waals surface area contributed by atoms with E-state index in [-0.39, 0.29) is 0 Å². The third kappa shape index (κ3) is 3.67. The van der Waals surface area contributed by atoms with Crippen LogP contribution in [0.25, 0.3) is 21.8 Å². The molecule has 4 heteroatoms. The molecule has 0 radical (unpaired) electrons. The molecule has 2 aliphatic carbocycles. The van der Waals surface area contributed by atoms with Crippen molar-refractivity contribution in [2.45, 2.75) is 63.2 Å². The van der Waals surface area contributed by atoms with E-state index in [1.807, 2.05) is 24.3 Å². The van der Waals surface area contributed by atoms with Crippen LogP contribution in [0.2, 0.25) is 0 Å². The number of aromatic nitrogens is 2. The number of benzene rings is 2. The molecule has 0 amide bonds. The van der Waals surface area contributed by atoms with Gasteiger partial charge in [-0.3, -0.25) is 0 Å². The first-order valence-corrected chi connectivity index (χ1v) is 11.4. The smallest absolute Gasteiger partial charge is 0.0477 e. The summed E-state index contributed by atoms with van der Waals surface area (Å²) in [5.74, 6) is 1.53. The van der Waals surface area contributed by atoms with Crippen LogP contribution in [0.5, 0.6) is 0 Å². The summed E-state index contributed by atoms with van der Waals surface area (Å²) >= 11 is 0. The monoisotopic (exact) mass is 400 g/mol. The minimum absolute atomic E-state index is 0.766. The third-order valence-electron chi connectivity index (χ3n) is 7.07. The second-order valence-corrected chi connectivity index (χ2v) is 9.06. The van der Waals surface area contributed by atoms with Crippen LogP contribution >= 0.6 is 0 Å². The average Bonchev–Trinajstić information content (AvgIpc) is 3.52. The van der Waals surface area contributed by atoms with E-state index in [4.69, 9.17) is 11.5 Å². The van der Waals surface area contributed by atoms with Crippen molar-refractivity contribution < 1.29 is 0 Å². The van der Waals surface area contributed by atoms with Gasteiger partial charge in [0.2, 0.25) is 0 Å². The number of hydrogen-bond acceptors (Lipinski definition) is 2. The maximum atomic E-state index is 5.77. The molecule has 0 bridgehead atoms.